The number of aliphatic hydroxyl groups excluding tert-OH is 1. The first-order valence-electron chi connectivity index (χ1n) is 9.18. The van der Waals surface area contributed by atoms with Crippen molar-refractivity contribution in [3.63, 3.8) is 0 Å². The third kappa shape index (κ3) is 3.23. The monoisotopic (exact) mass is 375 g/mol. The second kappa shape index (κ2) is 7.05. The quantitative estimate of drug-likeness (QED) is 0.695. The smallest absolute Gasteiger partial charge is 0.413 e. The molecule has 0 radical (unpaired) electrons. The molecule has 4 rings (SSSR count). The van der Waals surface area contributed by atoms with Gasteiger partial charge < -0.3 is 10.2 Å². The Bertz CT molecular complexity index is 1030. The van der Waals surface area contributed by atoms with Crippen LogP contribution in [0.4, 0.5) is 10.6 Å². The topological polar surface area (TPSA) is 86.6 Å². The van der Waals surface area contributed by atoms with Crippen molar-refractivity contribution in [2.45, 2.75) is 26.4 Å². The van der Waals surface area contributed by atoms with Gasteiger partial charge in [-0.15, -0.1) is 0 Å². The molecule has 0 fully saturated rings. The van der Waals surface area contributed by atoms with Gasteiger partial charge in [0.15, 0.2) is 5.82 Å². The van der Waals surface area contributed by atoms with Crippen molar-refractivity contribution < 1.29 is 15.0 Å². The lowest BCUT2D eigenvalue weighted by molar-refractivity contribution is 0.155. The summed E-state index contributed by atoms with van der Waals surface area (Å²) in [5.74, 6) is 0.206. The van der Waals surface area contributed by atoms with Gasteiger partial charge >= 0.3 is 6.09 Å². The van der Waals surface area contributed by atoms with E-state index in [0.717, 1.165) is 27.2 Å². The van der Waals surface area contributed by atoms with Crippen LogP contribution in [-0.4, -0.2) is 32.8 Å². The molecule has 1 aliphatic rings. The molecule has 0 aliphatic carbocycles. The van der Waals surface area contributed by atoms with E-state index in [1.54, 1.807) is 0 Å². The third-order valence-electron chi connectivity index (χ3n) is 4.98. The normalized spacial score (nSPS) is 16.0. The number of amides is 1. The number of fused-ring (bicyclic) bond motifs is 1. The molecule has 1 unspecified atom stereocenters. The number of carbonyl (C=O) groups is 1. The Labute approximate surface area is 163 Å². The highest BCUT2D eigenvalue weighted by Gasteiger charge is 2.32. The van der Waals surface area contributed by atoms with Gasteiger partial charge in [-0.3, -0.25) is 4.90 Å². The van der Waals surface area contributed by atoms with E-state index in [1.165, 1.54) is 0 Å². The molecule has 6 nitrogen and oxygen atoms in total. The van der Waals surface area contributed by atoms with Crippen LogP contribution in [-0.2, 0) is 0 Å². The van der Waals surface area contributed by atoms with E-state index in [2.05, 4.69) is 4.98 Å². The molecule has 3 aromatic rings. The van der Waals surface area contributed by atoms with Gasteiger partial charge in [0.25, 0.3) is 0 Å². The van der Waals surface area contributed by atoms with Gasteiger partial charge in [-0.25, -0.2) is 14.8 Å². The Morgan fingerprint density at radius 1 is 0.929 bits per heavy atom. The zero-order chi connectivity index (χ0) is 19.8. The highest BCUT2D eigenvalue weighted by Crippen LogP contribution is 2.37. The molecule has 1 atom stereocenters. The van der Waals surface area contributed by atoms with Crippen LogP contribution in [0.15, 0.2) is 48.5 Å². The summed E-state index contributed by atoms with van der Waals surface area (Å²) in [6, 6.07) is 15.8. The average molecular weight is 375 g/mol. The molecule has 1 aromatic heterocycles. The van der Waals surface area contributed by atoms with Crippen LogP contribution in [0.1, 0.15) is 29.3 Å². The highest BCUT2D eigenvalue weighted by molar-refractivity contribution is 5.88. The zero-order valence-corrected chi connectivity index (χ0v) is 15.8. The molecule has 2 heterocycles. The van der Waals surface area contributed by atoms with Gasteiger partial charge in [-0.2, -0.15) is 0 Å². The van der Waals surface area contributed by atoms with E-state index in [0.29, 0.717) is 23.5 Å². The predicted octanol–water partition coefficient (Wildman–Crippen LogP) is 4.35. The minimum Gasteiger partial charge on any atom is -0.465 e. The second-order valence-corrected chi connectivity index (χ2v) is 7.10. The summed E-state index contributed by atoms with van der Waals surface area (Å²) in [5.41, 5.74) is 5.51. The molecule has 0 saturated heterocycles. The molecule has 1 amide bonds. The molecule has 142 valence electrons. The molecular weight excluding hydrogens is 354 g/mol. The molecule has 2 N–H and O–H groups in total. The van der Waals surface area contributed by atoms with E-state index >= 15 is 0 Å². The van der Waals surface area contributed by atoms with Crippen molar-refractivity contribution in [3.05, 3.63) is 65.4 Å². The summed E-state index contributed by atoms with van der Waals surface area (Å²) < 4.78 is 0. The number of carboxylic acid groups (broad SMARTS) is 1. The van der Waals surface area contributed by atoms with E-state index in [1.807, 2.05) is 62.4 Å². The van der Waals surface area contributed by atoms with Gasteiger partial charge in [0.2, 0.25) is 0 Å². The highest BCUT2D eigenvalue weighted by atomic mass is 16.4. The van der Waals surface area contributed by atoms with Crippen molar-refractivity contribution in [2.24, 2.45) is 0 Å². The Kier molecular flexibility index (Phi) is 4.57. The largest absolute Gasteiger partial charge is 0.465 e. The molecule has 0 bridgehead atoms. The lowest BCUT2D eigenvalue weighted by Gasteiger charge is -2.29. The van der Waals surface area contributed by atoms with E-state index in [9.17, 15) is 15.0 Å². The Hall–Kier alpha value is -3.25. The third-order valence-corrected chi connectivity index (χ3v) is 4.98. The lowest BCUT2D eigenvalue weighted by Crippen LogP contribution is -2.37. The zero-order valence-electron chi connectivity index (χ0n) is 15.8. The molecule has 0 spiro atoms. The first-order valence-corrected chi connectivity index (χ1v) is 9.18. The number of hydrogen-bond donors (Lipinski definition) is 2. The number of aromatic nitrogens is 2. The summed E-state index contributed by atoms with van der Waals surface area (Å²) in [6.45, 7) is 4.21. The van der Waals surface area contributed by atoms with Crippen molar-refractivity contribution in [1.29, 1.82) is 0 Å². The van der Waals surface area contributed by atoms with E-state index in [-0.39, 0.29) is 12.4 Å². The molecule has 2 aromatic carbocycles. The van der Waals surface area contributed by atoms with Crippen LogP contribution in [0.2, 0.25) is 0 Å². The number of anilines is 1. The fraction of sp³-hybridized carbons (Fsp3) is 0.227. The maximum atomic E-state index is 11.7. The molecule has 1 aliphatic heterocycles. The first-order chi connectivity index (χ1) is 13.4. The molecule has 6 heteroatoms. The summed E-state index contributed by atoms with van der Waals surface area (Å²) in [4.78, 5) is 22.2. The minimum atomic E-state index is -1.10. The number of benzene rings is 2. The number of nitrogens with zero attached hydrogens (tertiary/aromatic N) is 3. The standard InChI is InChI=1S/C22H21N3O3/c1-13-3-7-15(8-4-13)18-19(16-9-5-14(2)6-10-16)24-21-20(23-18)17(26)11-12-25(21)22(27)28/h3-10,17,26H,11-12H2,1-2H3,(H,27,28). The summed E-state index contributed by atoms with van der Waals surface area (Å²) >= 11 is 0. The van der Waals surface area contributed by atoms with Crippen LogP contribution < -0.4 is 4.90 Å². The van der Waals surface area contributed by atoms with Crippen LogP contribution >= 0.6 is 0 Å². The number of aliphatic hydroxyl groups is 1. The number of aryl methyl sites for hydroxylation is 2. The van der Waals surface area contributed by atoms with Crippen molar-refractivity contribution in [2.75, 3.05) is 11.4 Å². The fourth-order valence-electron chi connectivity index (χ4n) is 3.37. The predicted molar refractivity (Wildman–Crippen MR) is 107 cm³/mol. The molecular formula is C22H21N3O3. The maximum Gasteiger partial charge on any atom is 0.413 e. The van der Waals surface area contributed by atoms with Crippen LogP contribution in [0.5, 0.6) is 0 Å². The Balaban J connectivity index is 1.98. The van der Waals surface area contributed by atoms with E-state index in [4.69, 9.17) is 4.98 Å². The van der Waals surface area contributed by atoms with Gasteiger partial charge in [0.1, 0.15) is 11.8 Å². The van der Waals surface area contributed by atoms with Crippen LogP contribution in [0.25, 0.3) is 22.5 Å². The van der Waals surface area contributed by atoms with Crippen molar-refractivity contribution >= 4 is 11.9 Å². The fourth-order valence-corrected chi connectivity index (χ4v) is 3.37. The van der Waals surface area contributed by atoms with Gasteiger partial charge in [0.05, 0.1) is 11.4 Å². The van der Waals surface area contributed by atoms with Crippen molar-refractivity contribution in [1.82, 2.24) is 9.97 Å². The first kappa shape index (κ1) is 18.1. The second-order valence-electron chi connectivity index (χ2n) is 7.10. The number of hydrogen-bond acceptors (Lipinski definition) is 4. The lowest BCUT2D eigenvalue weighted by atomic mass is 10.00. The average Bonchev–Trinajstić information content (AvgIpc) is 2.68. The Morgan fingerprint density at radius 2 is 1.43 bits per heavy atom. The van der Waals surface area contributed by atoms with Crippen LogP contribution in [0.3, 0.4) is 0 Å². The number of rotatable bonds is 2. The maximum absolute atomic E-state index is 11.7. The Morgan fingerprint density at radius 3 is 1.93 bits per heavy atom. The molecule has 28 heavy (non-hydrogen) atoms. The van der Waals surface area contributed by atoms with Crippen LogP contribution in [0, 0.1) is 13.8 Å². The summed E-state index contributed by atoms with van der Waals surface area (Å²) in [5, 5.41) is 20.0. The SMILES string of the molecule is Cc1ccc(-c2nc3c(nc2-c2ccc(C)cc2)N(C(=O)O)CCC3O)cc1. The van der Waals surface area contributed by atoms with Gasteiger partial charge in [0, 0.05) is 17.7 Å². The minimum absolute atomic E-state index is 0.190. The molecule has 0 saturated carbocycles. The van der Waals surface area contributed by atoms with Gasteiger partial charge in [-0.05, 0) is 20.3 Å². The van der Waals surface area contributed by atoms with E-state index < -0.39 is 12.2 Å². The summed E-state index contributed by atoms with van der Waals surface area (Å²) in [7, 11) is 0. The van der Waals surface area contributed by atoms with Gasteiger partial charge in [-0.1, -0.05) is 59.7 Å². The van der Waals surface area contributed by atoms with Crippen molar-refractivity contribution in [3.8, 4) is 22.5 Å². The summed E-state index contributed by atoms with van der Waals surface area (Å²) in [6.07, 6.45) is -1.64.